The third-order valence-electron chi connectivity index (χ3n) is 2.21. The van der Waals surface area contributed by atoms with Gasteiger partial charge in [-0.15, -0.1) is 0 Å². The molecule has 1 aromatic rings. The van der Waals surface area contributed by atoms with Gasteiger partial charge in [0, 0.05) is 24.5 Å². The third-order valence-corrected chi connectivity index (χ3v) is 2.21. The Kier molecular flexibility index (Phi) is 4.25. The van der Waals surface area contributed by atoms with Crippen molar-refractivity contribution in [2.45, 2.75) is 26.2 Å². The zero-order valence-corrected chi connectivity index (χ0v) is 9.20. The molecule has 0 aromatic heterocycles. The predicted molar refractivity (Wildman–Crippen MR) is 56.6 cm³/mol. The molecule has 0 amide bonds. The van der Waals surface area contributed by atoms with Crippen molar-refractivity contribution >= 4 is 11.5 Å². The number of hydrogen-bond acceptors (Lipinski definition) is 3. The molecule has 0 bridgehead atoms. The number of hydrogen-bond donors (Lipinski definition) is 0. The molecule has 1 aromatic carbocycles. The number of ketones is 1. The zero-order valence-electron chi connectivity index (χ0n) is 9.20. The van der Waals surface area contributed by atoms with Crippen molar-refractivity contribution in [3.05, 3.63) is 39.4 Å². The first-order valence-electron chi connectivity index (χ1n) is 5.09. The van der Waals surface area contributed by atoms with Gasteiger partial charge in [-0.1, -0.05) is 6.92 Å². The van der Waals surface area contributed by atoms with Crippen LogP contribution in [0.5, 0.6) is 0 Å². The van der Waals surface area contributed by atoms with Gasteiger partial charge in [-0.2, -0.15) is 4.39 Å². The van der Waals surface area contributed by atoms with Gasteiger partial charge in [0.25, 0.3) is 0 Å². The van der Waals surface area contributed by atoms with Crippen LogP contribution in [0.3, 0.4) is 0 Å². The first kappa shape index (κ1) is 13.2. The van der Waals surface area contributed by atoms with E-state index in [1.54, 1.807) is 6.92 Å². The van der Waals surface area contributed by atoms with Crippen molar-refractivity contribution < 1.29 is 18.5 Å². The number of nitro groups is 1. The smallest absolute Gasteiger partial charge is 0.299 e. The first-order valence-corrected chi connectivity index (χ1v) is 5.09. The van der Waals surface area contributed by atoms with Crippen molar-refractivity contribution in [3.8, 4) is 0 Å². The second-order valence-corrected chi connectivity index (χ2v) is 3.62. The van der Waals surface area contributed by atoms with Gasteiger partial charge in [-0.3, -0.25) is 14.9 Å². The summed E-state index contributed by atoms with van der Waals surface area (Å²) in [5.41, 5.74) is -1.04. The summed E-state index contributed by atoms with van der Waals surface area (Å²) in [5.74, 6) is -2.46. The average Bonchev–Trinajstić information content (AvgIpc) is 2.15. The second-order valence-electron chi connectivity index (χ2n) is 3.62. The molecule has 0 N–H and O–H groups in total. The largest absolute Gasteiger partial charge is 0.308 e. The van der Waals surface area contributed by atoms with Crippen molar-refractivity contribution in [2.75, 3.05) is 0 Å². The SMILES string of the molecule is CCCC(=O)Cc1cc(F)cc(F)c1[N+](=O)[O-]. The Morgan fingerprint density at radius 3 is 2.59 bits per heavy atom. The Hall–Kier alpha value is -1.85. The molecule has 1 rings (SSSR count). The van der Waals surface area contributed by atoms with Crippen LogP contribution in [0.2, 0.25) is 0 Å². The summed E-state index contributed by atoms with van der Waals surface area (Å²) in [6.45, 7) is 1.78. The topological polar surface area (TPSA) is 60.2 Å². The van der Waals surface area contributed by atoms with Crippen LogP contribution in [-0.2, 0) is 11.2 Å². The fourth-order valence-electron chi connectivity index (χ4n) is 1.54. The number of nitro benzene ring substituents is 1. The Balaban J connectivity index is 3.12. The molecule has 92 valence electrons. The van der Waals surface area contributed by atoms with E-state index in [9.17, 15) is 23.7 Å². The lowest BCUT2D eigenvalue weighted by molar-refractivity contribution is -0.388. The molecular formula is C11H11F2NO3. The lowest BCUT2D eigenvalue weighted by Gasteiger charge is -2.03. The lowest BCUT2D eigenvalue weighted by Crippen LogP contribution is -2.07. The van der Waals surface area contributed by atoms with Crippen LogP contribution in [0, 0.1) is 21.7 Å². The molecule has 0 unspecified atom stereocenters. The number of benzene rings is 1. The van der Waals surface area contributed by atoms with Crippen LogP contribution in [0.15, 0.2) is 12.1 Å². The predicted octanol–water partition coefficient (Wildman–Crippen LogP) is 2.78. The molecule has 4 nitrogen and oxygen atoms in total. The van der Waals surface area contributed by atoms with Gasteiger partial charge < -0.3 is 0 Å². The monoisotopic (exact) mass is 243 g/mol. The maximum Gasteiger partial charge on any atom is 0.308 e. The molecule has 0 atom stereocenters. The Bertz CT molecular complexity index is 460. The summed E-state index contributed by atoms with van der Waals surface area (Å²) < 4.78 is 26.1. The standard InChI is InChI=1S/C11H11F2NO3/c1-2-3-9(15)5-7-4-8(12)6-10(13)11(7)14(16)17/h4,6H,2-3,5H2,1H3. The highest BCUT2D eigenvalue weighted by atomic mass is 19.1. The lowest BCUT2D eigenvalue weighted by atomic mass is 10.0. The summed E-state index contributed by atoms with van der Waals surface area (Å²) in [6, 6.07) is 1.26. The number of rotatable bonds is 5. The maximum atomic E-state index is 13.2. The van der Waals surface area contributed by atoms with Gasteiger partial charge in [0.2, 0.25) is 5.82 Å². The Morgan fingerprint density at radius 1 is 1.41 bits per heavy atom. The fourth-order valence-corrected chi connectivity index (χ4v) is 1.54. The van der Waals surface area contributed by atoms with Crippen LogP contribution in [-0.4, -0.2) is 10.7 Å². The molecule has 0 aliphatic carbocycles. The Morgan fingerprint density at radius 2 is 2.06 bits per heavy atom. The molecular weight excluding hydrogens is 232 g/mol. The van der Waals surface area contributed by atoms with Crippen molar-refractivity contribution in [2.24, 2.45) is 0 Å². The normalized spacial score (nSPS) is 10.3. The molecule has 0 saturated heterocycles. The van der Waals surface area contributed by atoms with E-state index in [1.807, 2.05) is 0 Å². The van der Waals surface area contributed by atoms with Crippen LogP contribution in [0.25, 0.3) is 0 Å². The summed E-state index contributed by atoms with van der Waals surface area (Å²) in [4.78, 5) is 21.0. The number of carbonyl (C=O) groups is 1. The van der Waals surface area contributed by atoms with Crippen LogP contribution in [0.4, 0.5) is 14.5 Å². The van der Waals surface area contributed by atoms with Gasteiger partial charge in [0.15, 0.2) is 0 Å². The zero-order chi connectivity index (χ0) is 13.0. The molecule has 17 heavy (non-hydrogen) atoms. The van der Waals surface area contributed by atoms with Gasteiger partial charge in [-0.25, -0.2) is 4.39 Å². The van der Waals surface area contributed by atoms with Crippen molar-refractivity contribution in [1.82, 2.24) is 0 Å². The number of Topliss-reactive ketones (excluding diaryl/α,β-unsaturated/α-hetero) is 1. The van der Waals surface area contributed by atoms with E-state index in [-0.39, 0.29) is 24.2 Å². The average molecular weight is 243 g/mol. The summed E-state index contributed by atoms with van der Waals surface area (Å²) in [7, 11) is 0. The van der Waals surface area contributed by atoms with Crippen LogP contribution >= 0.6 is 0 Å². The van der Waals surface area contributed by atoms with E-state index >= 15 is 0 Å². The summed E-state index contributed by atoms with van der Waals surface area (Å²) >= 11 is 0. The summed E-state index contributed by atoms with van der Waals surface area (Å²) in [6.07, 6.45) is 0.499. The minimum absolute atomic E-state index is 0.217. The van der Waals surface area contributed by atoms with Gasteiger partial charge >= 0.3 is 5.69 Å². The Labute approximate surface area is 96.4 Å². The van der Waals surface area contributed by atoms with E-state index < -0.39 is 22.2 Å². The first-order chi connectivity index (χ1) is 7.95. The van der Waals surface area contributed by atoms with Gasteiger partial charge in [0.05, 0.1) is 4.92 Å². The van der Waals surface area contributed by atoms with E-state index in [1.165, 1.54) is 0 Å². The van der Waals surface area contributed by atoms with E-state index in [0.717, 1.165) is 6.07 Å². The highest BCUT2D eigenvalue weighted by molar-refractivity contribution is 5.81. The van der Waals surface area contributed by atoms with E-state index in [2.05, 4.69) is 0 Å². The number of halogens is 2. The van der Waals surface area contributed by atoms with Crippen molar-refractivity contribution in [1.29, 1.82) is 0 Å². The fraction of sp³-hybridized carbons (Fsp3) is 0.364. The second kappa shape index (κ2) is 5.47. The van der Waals surface area contributed by atoms with Gasteiger partial charge in [0.1, 0.15) is 11.6 Å². The highest BCUT2D eigenvalue weighted by Crippen LogP contribution is 2.25. The van der Waals surface area contributed by atoms with E-state index in [4.69, 9.17) is 0 Å². The maximum absolute atomic E-state index is 13.2. The molecule has 0 radical (unpaired) electrons. The van der Waals surface area contributed by atoms with E-state index in [0.29, 0.717) is 12.5 Å². The van der Waals surface area contributed by atoms with Crippen molar-refractivity contribution in [3.63, 3.8) is 0 Å². The highest BCUT2D eigenvalue weighted by Gasteiger charge is 2.23. The molecule has 0 aliphatic rings. The summed E-state index contributed by atoms with van der Waals surface area (Å²) in [5, 5.41) is 10.6. The third kappa shape index (κ3) is 3.30. The molecule has 0 heterocycles. The number of nitrogens with zero attached hydrogens (tertiary/aromatic N) is 1. The quantitative estimate of drug-likeness (QED) is 0.590. The van der Waals surface area contributed by atoms with Gasteiger partial charge in [-0.05, 0) is 12.5 Å². The minimum atomic E-state index is -1.26. The molecule has 0 aliphatic heterocycles. The van der Waals surface area contributed by atoms with Crippen LogP contribution in [0.1, 0.15) is 25.3 Å². The van der Waals surface area contributed by atoms with Crippen LogP contribution < -0.4 is 0 Å². The molecule has 6 heteroatoms. The minimum Gasteiger partial charge on any atom is -0.299 e. The molecule has 0 fully saturated rings. The number of carbonyl (C=O) groups excluding carboxylic acids is 1. The molecule has 0 saturated carbocycles. The molecule has 0 spiro atoms.